The Labute approximate surface area is 101 Å². The van der Waals surface area contributed by atoms with Crippen LogP contribution < -0.4 is 0 Å². The minimum atomic E-state index is 0.802. The van der Waals surface area contributed by atoms with E-state index in [-0.39, 0.29) is 0 Å². The Morgan fingerprint density at radius 3 is 2.25 bits per heavy atom. The zero-order chi connectivity index (χ0) is 12.0. The van der Waals surface area contributed by atoms with Crippen molar-refractivity contribution in [1.29, 1.82) is 0 Å². The van der Waals surface area contributed by atoms with E-state index in [4.69, 9.17) is 0 Å². The Kier molecular flexibility index (Phi) is 5.37. The molecule has 0 unspecified atom stereocenters. The van der Waals surface area contributed by atoms with Gasteiger partial charge < -0.3 is 4.90 Å². The maximum Gasteiger partial charge on any atom is 0.0513 e. The van der Waals surface area contributed by atoms with Crippen molar-refractivity contribution in [2.75, 3.05) is 6.54 Å². The molecule has 2 aliphatic heterocycles. The van der Waals surface area contributed by atoms with E-state index in [9.17, 15) is 0 Å². The molecule has 3 rings (SSSR count). The number of rotatable bonds is 1. The third-order valence-electron chi connectivity index (χ3n) is 3.02. The van der Waals surface area contributed by atoms with Gasteiger partial charge in [-0.2, -0.15) is 0 Å². The van der Waals surface area contributed by atoms with E-state index in [0.717, 1.165) is 6.04 Å². The first-order valence-corrected chi connectivity index (χ1v) is 6.81. The van der Waals surface area contributed by atoms with Crippen LogP contribution in [0, 0.1) is 0 Å². The number of fused-ring (bicyclic) bond motifs is 1. The molecule has 1 nitrogen and oxygen atoms in total. The zero-order valence-corrected chi connectivity index (χ0v) is 11.2. The van der Waals surface area contributed by atoms with Gasteiger partial charge in [-0.3, -0.25) is 0 Å². The van der Waals surface area contributed by atoms with Gasteiger partial charge in [-0.1, -0.05) is 45.9 Å². The van der Waals surface area contributed by atoms with Crippen LogP contribution in [0.1, 0.15) is 47.0 Å². The fourth-order valence-corrected chi connectivity index (χ4v) is 2.14. The molecule has 0 spiro atoms. The predicted octanol–water partition coefficient (Wildman–Crippen LogP) is 4.29. The minimum absolute atomic E-state index is 0.802. The summed E-state index contributed by atoms with van der Waals surface area (Å²) in [5, 5.41) is 0. The quantitative estimate of drug-likeness (QED) is 0.636. The Morgan fingerprint density at radius 2 is 1.88 bits per heavy atom. The second kappa shape index (κ2) is 6.57. The highest BCUT2D eigenvalue weighted by Crippen LogP contribution is 2.38. The van der Waals surface area contributed by atoms with E-state index in [1.54, 1.807) is 0 Å². The summed E-state index contributed by atoms with van der Waals surface area (Å²) < 4.78 is 0. The lowest BCUT2D eigenvalue weighted by molar-refractivity contribution is 0.138. The van der Waals surface area contributed by atoms with Crippen LogP contribution in [-0.4, -0.2) is 17.5 Å². The highest BCUT2D eigenvalue weighted by Gasteiger charge is 2.36. The van der Waals surface area contributed by atoms with E-state index >= 15 is 0 Å². The molecule has 90 valence electrons. The minimum Gasteiger partial charge on any atom is -0.365 e. The molecule has 0 aromatic heterocycles. The third kappa shape index (κ3) is 2.40. The summed E-state index contributed by atoms with van der Waals surface area (Å²) in [6.45, 7) is 9.28. The van der Waals surface area contributed by atoms with Crippen LogP contribution in [0.3, 0.4) is 0 Å². The van der Waals surface area contributed by atoms with Gasteiger partial charge in [0, 0.05) is 12.2 Å². The van der Waals surface area contributed by atoms with Crippen LogP contribution in [0.5, 0.6) is 0 Å². The fourth-order valence-electron chi connectivity index (χ4n) is 2.14. The van der Waals surface area contributed by atoms with Gasteiger partial charge >= 0.3 is 0 Å². The molecule has 1 heteroatoms. The van der Waals surface area contributed by atoms with E-state index in [1.165, 1.54) is 37.1 Å². The molecule has 0 amide bonds. The summed E-state index contributed by atoms with van der Waals surface area (Å²) in [7, 11) is 0. The van der Waals surface area contributed by atoms with Crippen molar-refractivity contribution >= 4 is 0 Å². The normalized spacial score (nSPS) is 24.2. The number of allylic oxidation sites excluding steroid dienone is 3. The fraction of sp³-hybridized carbons (Fsp3) is 0.600. The van der Waals surface area contributed by atoms with Gasteiger partial charge in [0.1, 0.15) is 0 Å². The van der Waals surface area contributed by atoms with Crippen molar-refractivity contribution in [2.24, 2.45) is 0 Å². The van der Waals surface area contributed by atoms with E-state index in [0.29, 0.717) is 0 Å². The lowest BCUT2D eigenvalue weighted by Crippen LogP contribution is -2.52. The molecule has 0 aromatic rings. The SMILES string of the molecule is C1=CC(C2=C[C@@H]3CCN23)=CCC1.CC.CC. The Morgan fingerprint density at radius 1 is 1.12 bits per heavy atom. The summed E-state index contributed by atoms with van der Waals surface area (Å²) in [4.78, 5) is 2.50. The average molecular weight is 219 g/mol. The summed E-state index contributed by atoms with van der Waals surface area (Å²) in [6, 6.07) is 0.802. The molecule has 1 atom stereocenters. The predicted molar refractivity (Wildman–Crippen MR) is 72.3 cm³/mol. The molecule has 0 N–H and O–H groups in total. The van der Waals surface area contributed by atoms with Gasteiger partial charge in [-0.05, 0) is 30.9 Å². The van der Waals surface area contributed by atoms with Crippen molar-refractivity contribution in [3.63, 3.8) is 0 Å². The smallest absolute Gasteiger partial charge is 0.0513 e. The Hall–Kier alpha value is -0.980. The first-order chi connectivity index (χ1) is 7.95. The van der Waals surface area contributed by atoms with Crippen LogP contribution in [0.4, 0.5) is 0 Å². The number of hydrogen-bond donors (Lipinski definition) is 0. The van der Waals surface area contributed by atoms with Crippen molar-refractivity contribution in [1.82, 2.24) is 4.90 Å². The van der Waals surface area contributed by atoms with Crippen LogP contribution >= 0.6 is 0 Å². The van der Waals surface area contributed by atoms with Gasteiger partial charge in [0.15, 0.2) is 0 Å². The topological polar surface area (TPSA) is 3.24 Å². The third-order valence-corrected chi connectivity index (χ3v) is 3.02. The average Bonchev–Trinajstić information content (AvgIpc) is 2.38. The first-order valence-electron chi connectivity index (χ1n) is 6.81. The highest BCUT2D eigenvalue weighted by molar-refractivity contribution is 5.47. The van der Waals surface area contributed by atoms with Crippen LogP contribution in [-0.2, 0) is 0 Å². The van der Waals surface area contributed by atoms with Crippen molar-refractivity contribution in [2.45, 2.75) is 53.0 Å². The second-order valence-electron chi connectivity index (χ2n) is 3.74. The number of nitrogens with zero attached hydrogens (tertiary/aromatic N) is 1. The highest BCUT2D eigenvalue weighted by atomic mass is 15.3. The molecule has 0 bridgehead atoms. The van der Waals surface area contributed by atoms with Crippen molar-refractivity contribution in [3.05, 3.63) is 35.6 Å². The molecular weight excluding hydrogens is 194 g/mol. The summed E-state index contributed by atoms with van der Waals surface area (Å²) in [6.07, 6.45) is 13.1. The van der Waals surface area contributed by atoms with Gasteiger partial charge in [-0.25, -0.2) is 0 Å². The van der Waals surface area contributed by atoms with E-state index in [1.807, 2.05) is 27.7 Å². The van der Waals surface area contributed by atoms with Crippen LogP contribution in [0.15, 0.2) is 35.6 Å². The molecular formula is C15H25N. The number of hydrogen-bond acceptors (Lipinski definition) is 1. The maximum atomic E-state index is 2.50. The molecule has 0 saturated carbocycles. The maximum absolute atomic E-state index is 2.50. The van der Waals surface area contributed by atoms with E-state index < -0.39 is 0 Å². The largest absolute Gasteiger partial charge is 0.365 e. The van der Waals surface area contributed by atoms with Crippen LogP contribution in [0.2, 0.25) is 0 Å². The molecule has 0 aromatic carbocycles. The van der Waals surface area contributed by atoms with Crippen molar-refractivity contribution in [3.8, 4) is 0 Å². The monoisotopic (exact) mass is 219 g/mol. The molecule has 1 fully saturated rings. The van der Waals surface area contributed by atoms with Crippen molar-refractivity contribution < 1.29 is 0 Å². The molecule has 0 radical (unpaired) electrons. The van der Waals surface area contributed by atoms with Gasteiger partial charge in [0.25, 0.3) is 0 Å². The first kappa shape index (κ1) is 13.1. The Balaban J connectivity index is 0.000000291. The van der Waals surface area contributed by atoms with Gasteiger partial charge in [-0.15, -0.1) is 0 Å². The Bertz CT molecular complexity index is 297. The summed E-state index contributed by atoms with van der Waals surface area (Å²) in [5.74, 6) is 0. The van der Waals surface area contributed by atoms with Gasteiger partial charge in [0.2, 0.25) is 0 Å². The lowest BCUT2D eigenvalue weighted by atomic mass is 9.87. The second-order valence-corrected chi connectivity index (χ2v) is 3.74. The molecule has 2 heterocycles. The van der Waals surface area contributed by atoms with Gasteiger partial charge in [0.05, 0.1) is 6.04 Å². The molecule has 1 saturated heterocycles. The molecule has 16 heavy (non-hydrogen) atoms. The molecule has 1 aliphatic carbocycles. The lowest BCUT2D eigenvalue weighted by Gasteiger charge is -2.51. The molecule has 3 aliphatic rings. The standard InChI is InChI=1S/C11H13N.2C2H6/c1-2-4-9(5-3-1)11-8-10-6-7-12(10)11;2*1-2/h2,4-5,8,10H,1,3,6-7H2;2*1-2H3/t10-;;/m0../s1. The summed E-state index contributed by atoms with van der Waals surface area (Å²) in [5.41, 5.74) is 2.94. The van der Waals surface area contributed by atoms with Crippen LogP contribution in [0.25, 0.3) is 0 Å². The zero-order valence-electron chi connectivity index (χ0n) is 11.2. The summed E-state index contributed by atoms with van der Waals surface area (Å²) >= 11 is 0. The van der Waals surface area contributed by atoms with E-state index in [2.05, 4.69) is 29.2 Å².